The summed E-state index contributed by atoms with van der Waals surface area (Å²) in [6, 6.07) is 7.70. The van der Waals surface area contributed by atoms with Crippen LogP contribution in [0, 0.1) is 23.4 Å². The van der Waals surface area contributed by atoms with Gasteiger partial charge >= 0.3 is 6.18 Å². The van der Waals surface area contributed by atoms with E-state index >= 15 is 4.39 Å². The number of benzene rings is 3. The Bertz CT molecular complexity index is 1740. The number of hydrogen-bond donors (Lipinski definition) is 2. The average molecular weight is 739 g/mol. The number of nitrogens with one attached hydrogen (secondary N) is 2. The number of halogens is 9. The summed E-state index contributed by atoms with van der Waals surface area (Å²) in [7, 11) is 0. The van der Waals surface area contributed by atoms with E-state index in [-0.39, 0.29) is 35.0 Å². The minimum Gasteiger partial charge on any atom is -0.369 e. The molecule has 0 saturated heterocycles. The van der Waals surface area contributed by atoms with Gasteiger partial charge in [0, 0.05) is 24.8 Å². The maximum absolute atomic E-state index is 15.7. The van der Waals surface area contributed by atoms with E-state index in [2.05, 4.69) is 10.6 Å². The van der Waals surface area contributed by atoms with E-state index in [4.69, 9.17) is 39.5 Å². The fourth-order valence-corrected chi connectivity index (χ4v) is 6.22. The van der Waals surface area contributed by atoms with Gasteiger partial charge < -0.3 is 20.3 Å². The van der Waals surface area contributed by atoms with Crippen molar-refractivity contribution in [1.29, 1.82) is 0 Å². The first-order chi connectivity index (χ1) is 22.4. The fraction of sp³-hybridized carbons (Fsp3) is 0.344. The van der Waals surface area contributed by atoms with Gasteiger partial charge in [0.25, 0.3) is 11.8 Å². The second-order valence-electron chi connectivity index (χ2n) is 10.8. The molecule has 0 heterocycles. The number of carbonyl (C=O) groups is 3. The molecule has 1 saturated carbocycles. The molecule has 2 N–H and O–H groups in total. The SMILES string of the molecule is CCCN(C(=O)C(C)OCC)c1c(F)ccc(NC(=O)c2cc(NC(=O)[C@H]3[C@H](c4ccc(F)c(C(F)(F)F)c4)C3(Cl)Cl)ccc2Cl)c1F. The Morgan fingerprint density at radius 3 is 2.27 bits per heavy atom. The molecule has 0 aliphatic heterocycles. The van der Waals surface area contributed by atoms with Crippen molar-refractivity contribution in [2.45, 2.75) is 49.7 Å². The Morgan fingerprint density at radius 2 is 1.65 bits per heavy atom. The van der Waals surface area contributed by atoms with Crippen LogP contribution in [-0.2, 0) is 20.5 Å². The van der Waals surface area contributed by atoms with Crippen molar-refractivity contribution < 1.29 is 45.5 Å². The van der Waals surface area contributed by atoms with Crippen LogP contribution < -0.4 is 15.5 Å². The molecule has 1 unspecified atom stereocenters. The van der Waals surface area contributed by atoms with E-state index in [1.54, 1.807) is 13.8 Å². The molecule has 4 rings (SSSR count). The lowest BCUT2D eigenvalue weighted by Gasteiger charge is -2.27. The van der Waals surface area contributed by atoms with E-state index in [0.717, 1.165) is 29.2 Å². The monoisotopic (exact) mass is 737 g/mol. The molecule has 1 aliphatic carbocycles. The van der Waals surface area contributed by atoms with Crippen LogP contribution in [0.25, 0.3) is 0 Å². The van der Waals surface area contributed by atoms with Gasteiger partial charge in [-0.1, -0.05) is 24.6 Å². The zero-order valence-corrected chi connectivity index (χ0v) is 27.7. The van der Waals surface area contributed by atoms with Gasteiger partial charge in [-0.2, -0.15) is 13.2 Å². The van der Waals surface area contributed by atoms with Crippen molar-refractivity contribution in [3.8, 4) is 0 Å². The third-order valence-electron chi connectivity index (χ3n) is 7.53. The number of anilines is 3. The molecule has 3 amide bonds. The Labute approximate surface area is 286 Å². The van der Waals surface area contributed by atoms with Crippen molar-refractivity contribution in [2.24, 2.45) is 5.92 Å². The molecule has 3 atom stereocenters. The molecule has 7 nitrogen and oxygen atoms in total. The minimum absolute atomic E-state index is 0.00989. The first-order valence-electron chi connectivity index (χ1n) is 14.5. The summed E-state index contributed by atoms with van der Waals surface area (Å²) >= 11 is 18.7. The molecular weight excluding hydrogens is 711 g/mol. The maximum atomic E-state index is 15.7. The number of ether oxygens (including phenoxy) is 1. The largest absolute Gasteiger partial charge is 0.419 e. The zero-order chi connectivity index (χ0) is 35.7. The third kappa shape index (κ3) is 7.69. The van der Waals surface area contributed by atoms with E-state index in [1.807, 2.05) is 0 Å². The van der Waals surface area contributed by atoms with Gasteiger partial charge in [-0.3, -0.25) is 14.4 Å². The molecule has 0 spiro atoms. The van der Waals surface area contributed by atoms with Gasteiger partial charge in [0.05, 0.1) is 27.8 Å². The van der Waals surface area contributed by atoms with E-state index < -0.39 is 80.6 Å². The molecule has 0 bridgehead atoms. The predicted octanol–water partition coefficient (Wildman–Crippen LogP) is 8.72. The second kappa shape index (κ2) is 14.5. The molecule has 1 fully saturated rings. The summed E-state index contributed by atoms with van der Waals surface area (Å²) in [5, 5.41) is 4.64. The summed E-state index contributed by atoms with van der Waals surface area (Å²) in [6.07, 6.45) is -5.65. The molecule has 1 aliphatic rings. The molecule has 0 aromatic heterocycles. The highest BCUT2D eigenvalue weighted by molar-refractivity contribution is 6.53. The Morgan fingerprint density at radius 1 is 0.979 bits per heavy atom. The number of nitrogens with zero attached hydrogens (tertiary/aromatic N) is 1. The Kier molecular flexibility index (Phi) is 11.3. The smallest absolute Gasteiger partial charge is 0.369 e. The standard InChI is InChI=1S/C32H28Cl3F6N3O4/c1-4-12-44(30(47)15(3)48-5-2)27-22(37)10-11-23(26(27)38)43-28(45)18-14-17(7-8-20(18)33)42-29(46)25-24(31(25,34)35)16-6-9-21(36)19(13-16)32(39,40)41/h6-11,13-15,24-25H,4-5,12H2,1-3H3,(H,42,46)(H,43,45)/t15?,24-,25+/m0/s1. The first kappa shape index (κ1) is 37.3. The number of alkyl halides is 5. The van der Waals surface area contributed by atoms with Crippen LogP contribution in [0.2, 0.25) is 5.02 Å². The summed E-state index contributed by atoms with van der Waals surface area (Å²) < 4.78 is 87.7. The van der Waals surface area contributed by atoms with Crippen LogP contribution in [0.3, 0.4) is 0 Å². The van der Waals surface area contributed by atoms with Crippen LogP contribution in [0.5, 0.6) is 0 Å². The molecule has 0 radical (unpaired) electrons. The van der Waals surface area contributed by atoms with Crippen LogP contribution >= 0.6 is 34.8 Å². The van der Waals surface area contributed by atoms with Crippen molar-refractivity contribution in [1.82, 2.24) is 0 Å². The molecule has 48 heavy (non-hydrogen) atoms. The lowest BCUT2D eigenvalue weighted by atomic mass is 10.0. The molecule has 16 heteroatoms. The molecule has 3 aromatic carbocycles. The average Bonchev–Trinajstić information content (AvgIpc) is 3.59. The second-order valence-corrected chi connectivity index (χ2v) is 12.7. The van der Waals surface area contributed by atoms with Gasteiger partial charge in [-0.25, -0.2) is 13.2 Å². The van der Waals surface area contributed by atoms with Crippen LogP contribution in [0.4, 0.5) is 43.4 Å². The van der Waals surface area contributed by atoms with Gasteiger partial charge in [-0.15, -0.1) is 23.2 Å². The quantitative estimate of drug-likeness (QED) is 0.152. The number of rotatable bonds is 11. The van der Waals surface area contributed by atoms with Crippen molar-refractivity contribution in [2.75, 3.05) is 28.7 Å². The summed E-state index contributed by atoms with van der Waals surface area (Å²) in [5.41, 5.74) is -3.09. The number of amides is 3. The number of hydrogen-bond acceptors (Lipinski definition) is 4. The zero-order valence-electron chi connectivity index (χ0n) is 25.5. The highest BCUT2D eigenvalue weighted by Crippen LogP contribution is 2.65. The number of carbonyl (C=O) groups excluding carboxylic acids is 3. The lowest BCUT2D eigenvalue weighted by Crippen LogP contribution is -2.41. The predicted molar refractivity (Wildman–Crippen MR) is 170 cm³/mol. The summed E-state index contributed by atoms with van der Waals surface area (Å²) in [4.78, 5) is 40.2. The molecule has 3 aromatic rings. The fourth-order valence-electron chi connectivity index (χ4n) is 5.19. The van der Waals surface area contributed by atoms with Gasteiger partial charge in [0.15, 0.2) is 5.82 Å². The lowest BCUT2D eigenvalue weighted by molar-refractivity contribution is -0.140. The van der Waals surface area contributed by atoms with Crippen molar-refractivity contribution >= 4 is 69.6 Å². The van der Waals surface area contributed by atoms with Gasteiger partial charge in [0.2, 0.25) is 5.91 Å². The molecule has 258 valence electrons. The summed E-state index contributed by atoms with van der Waals surface area (Å²) in [5.74, 6) is -8.66. The first-order valence-corrected chi connectivity index (χ1v) is 15.6. The highest BCUT2D eigenvalue weighted by Gasteiger charge is 2.67. The van der Waals surface area contributed by atoms with Crippen LogP contribution in [-0.4, -0.2) is 41.3 Å². The normalized spacial score (nSPS) is 17.4. The minimum atomic E-state index is -5.00. The molecular formula is C32H28Cl3F6N3O4. The van der Waals surface area contributed by atoms with Crippen LogP contribution in [0.1, 0.15) is 54.6 Å². The Balaban J connectivity index is 1.56. The Hall–Kier alpha value is -3.52. The van der Waals surface area contributed by atoms with E-state index in [9.17, 15) is 36.3 Å². The van der Waals surface area contributed by atoms with Crippen molar-refractivity contribution in [3.05, 3.63) is 87.7 Å². The van der Waals surface area contributed by atoms with Gasteiger partial charge in [0.1, 0.15) is 27.8 Å². The van der Waals surface area contributed by atoms with Gasteiger partial charge in [-0.05, 0) is 68.3 Å². The maximum Gasteiger partial charge on any atom is 0.419 e. The van der Waals surface area contributed by atoms with E-state index in [1.165, 1.54) is 19.1 Å². The third-order valence-corrected chi connectivity index (χ3v) is 8.80. The van der Waals surface area contributed by atoms with Crippen molar-refractivity contribution in [3.63, 3.8) is 0 Å². The highest BCUT2D eigenvalue weighted by atomic mass is 35.5. The summed E-state index contributed by atoms with van der Waals surface area (Å²) in [6.45, 7) is 4.95. The van der Waals surface area contributed by atoms with Crippen LogP contribution in [0.15, 0.2) is 48.5 Å². The van der Waals surface area contributed by atoms with E-state index in [0.29, 0.717) is 18.6 Å². The topological polar surface area (TPSA) is 87.7 Å².